The van der Waals surface area contributed by atoms with Gasteiger partial charge in [-0.05, 0) is 65.9 Å². The molecule has 1 heterocycles. The van der Waals surface area contributed by atoms with Gasteiger partial charge in [-0.2, -0.15) is 0 Å². The average molecular weight is 502 g/mol. The number of carbonyl (C=O) groups is 1. The first-order chi connectivity index (χ1) is 12.8. The highest BCUT2D eigenvalue weighted by atomic mass is 127. The van der Waals surface area contributed by atoms with Crippen molar-refractivity contribution in [1.82, 2.24) is 0 Å². The maximum absolute atomic E-state index is 12.7. The Labute approximate surface area is 171 Å². The van der Waals surface area contributed by atoms with Crippen molar-refractivity contribution in [3.05, 3.63) is 46.0 Å². The van der Waals surface area contributed by atoms with Crippen LogP contribution in [0.3, 0.4) is 0 Å². The largest absolute Gasteiger partial charge is 0.486 e. The van der Waals surface area contributed by atoms with Crippen molar-refractivity contribution in [2.24, 2.45) is 0 Å². The van der Waals surface area contributed by atoms with E-state index in [0.29, 0.717) is 36.1 Å². The van der Waals surface area contributed by atoms with Crippen molar-refractivity contribution in [3.8, 4) is 11.5 Å². The summed E-state index contributed by atoms with van der Waals surface area (Å²) in [6.07, 6.45) is 1.07. The number of halogens is 1. The van der Waals surface area contributed by atoms with Crippen LogP contribution >= 0.6 is 22.6 Å². The number of carbonyl (C=O) groups excluding carboxylic acids is 1. The van der Waals surface area contributed by atoms with E-state index in [0.717, 1.165) is 14.1 Å². The molecule has 1 amide bonds. The Morgan fingerprint density at radius 2 is 1.74 bits per heavy atom. The average Bonchev–Trinajstić information content (AvgIpc) is 2.62. The normalized spacial score (nSPS) is 14.3. The number of fused-ring (bicyclic) bond motifs is 1. The van der Waals surface area contributed by atoms with Gasteiger partial charge in [0.25, 0.3) is 0 Å². The molecular weight excluding hydrogens is 483 g/mol. The zero-order valence-electron chi connectivity index (χ0n) is 14.8. The van der Waals surface area contributed by atoms with Crippen LogP contribution in [0.4, 0.5) is 11.4 Å². The van der Waals surface area contributed by atoms with E-state index in [1.807, 2.05) is 12.1 Å². The molecule has 1 aliphatic heterocycles. The van der Waals surface area contributed by atoms with E-state index >= 15 is 0 Å². The van der Waals surface area contributed by atoms with Crippen molar-refractivity contribution in [2.45, 2.75) is 13.0 Å². The lowest BCUT2D eigenvalue weighted by atomic mass is 10.2. The third-order valence-electron chi connectivity index (χ3n) is 3.98. The Morgan fingerprint density at radius 3 is 2.37 bits per heavy atom. The fourth-order valence-corrected chi connectivity index (χ4v) is 4.28. The maximum Gasteiger partial charge on any atom is 0.247 e. The number of hydrogen-bond donors (Lipinski definition) is 1. The molecule has 3 rings (SSSR count). The van der Waals surface area contributed by atoms with Gasteiger partial charge in [0.15, 0.2) is 11.5 Å². The first-order valence-corrected chi connectivity index (χ1v) is 11.1. The molecule has 1 aliphatic rings. The Hall–Kier alpha value is -2.01. The molecule has 2 aromatic carbocycles. The second-order valence-corrected chi connectivity index (χ2v) is 9.16. The minimum Gasteiger partial charge on any atom is -0.486 e. The van der Waals surface area contributed by atoms with Crippen molar-refractivity contribution < 1.29 is 22.7 Å². The monoisotopic (exact) mass is 502 g/mol. The molecule has 0 radical (unpaired) electrons. The Kier molecular flexibility index (Phi) is 5.80. The summed E-state index contributed by atoms with van der Waals surface area (Å²) in [6.45, 7) is 2.37. The van der Waals surface area contributed by atoms with Crippen LogP contribution in [-0.4, -0.2) is 39.8 Å². The summed E-state index contributed by atoms with van der Waals surface area (Å²) < 4.78 is 37.9. The summed E-state index contributed by atoms with van der Waals surface area (Å²) >= 11 is 2.17. The van der Waals surface area contributed by atoms with Gasteiger partial charge in [-0.15, -0.1) is 0 Å². The minimum atomic E-state index is -3.71. The number of nitrogens with one attached hydrogen (secondary N) is 1. The topological polar surface area (TPSA) is 84.9 Å². The highest BCUT2D eigenvalue weighted by molar-refractivity contribution is 14.1. The van der Waals surface area contributed by atoms with E-state index in [1.165, 1.54) is 0 Å². The number of nitrogens with zero attached hydrogens (tertiary/aromatic N) is 1. The molecule has 0 spiro atoms. The summed E-state index contributed by atoms with van der Waals surface area (Å²) in [5, 5.41) is 2.75. The van der Waals surface area contributed by atoms with E-state index in [4.69, 9.17) is 9.47 Å². The van der Waals surface area contributed by atoms with Crippen molar-refractivity contribution in [3.63, 3.8) is 0 Å². The van der Waals surface area contributed by atoms with Gasteiger partial charge in [-0.3, -0.25) is 9.10 Å². The molecule has 27 heavy (non-hydrogen) atoms. The van der Waals surface area contributed by atoms with Gasteiger partial charge in [0.2, 0.25) is 15.9 Å². The van der Waals surface area contributed by atoms with Crippen LogP contribution in [0.2, 0.25) is 0 Å². The summed E-state index contributed by atoms with van der Waals surface area (Å²) in [4.78, 5) is 12.7. The maximum atomic E-state index is 12.7. The minimum absolute atomic E-state index is 0.340. The van der Waals surface area contributed by atoms with Gasteiger partial charge in [0.1, 0.15) is 19.3 Å². The molecule has 0 aromatic heterocycles. The summed E-state index contributed by atoms with van der Waals surface area (Å²) in [7, 11) is -3.71. The van der Waals surface area contributed by atoms with Crippen LogP contribution in [0.15, 0.2) is 42.5 Å². The van der Waals surface area contributed by atoms with Crippen LogP contribution in [0.5, 0.6) is 11.5 Å². The van der Waals surface area contributed by atoms with Gasteiger partial charge < -0.3 is 14.8 Å². The summed E-state index contributed by atoms with van der Waals surface area (Å²) in [5.41, 5.74) is 0.940. The SMILES string of the molecule is C[C@H](C(=O)Nc1ccc(I)cc1)N(c1ccc2c(c1)OCCO2)S(C)(=O)=O. The zero-order chi connectivity index (χ0) is 19.6. The van der Waals surface area contributed by atoms with Crippen molar-refractivity contribution >= 4 is 49.9 Å². The first-order valence-electron chi connectivity index (χ1n) is 8.21. The summed E-state index contributed by atoms with van der Waals surface area (Å²) in [5.74, 6) is 0.573. The first kappa shape index (κ1) is 19.7. The standard InChI is InChI=1S/C18H19IN2O5S/c1-12(18(22)20-14-5-3-13(19)4-6-14)21(27(2,23)24)15-7-8-16-17(11-15)26-10-9-25-16/h3-8,11-12H,9-10H2,1-2H3,(H,20,22)/t12-/m1/s1. The van der Waals surface area contributed by atoms with Crippen LogP contribution in [0, 0.1) is 3.57 Å². The number of rotatable bonds is 5. The predicted octanol–water partition coefficient (Wildman–Crippen LogP) is 2.86. The number of sulfonamides is 1. The van der Waals surface area contributed by atoms with Crippen LogP contribution < -0.4 is 19.1 Å². The Morgan fingerprint density at radius 1 is 1.11 bits per heavy atom. The van der Waals surface area contributed by atoms with Gasteiger partial charge in [0, 0.05) is 15.3 Å². The fourth-order valence-electron chi connectivity index (χ4n) is 2.76. The molecule has 9 heteroatoms. The number of anilines is 2. The second kappa shape index (κ2) is 7.93. The Bertz CT molecular complexity index is 947. The van der Waals surface area contributed by atoms with Crippen molar-refractivity contribution in [2.75, 3.05) is 29.1 Å². The highest BCUT2D eigenvalue weighted by Crippen LogP contribution is 2.35. The van der Waals surface area contributed by atoms with Crippen LogP contribution in [0.1, 0.15) is 6.92 Å². The van der Waals surface area contributed by atoms with E-state index in [2.05, 4.69) is 27.9 Å². The molecule has 0 unspecified atom stereocenters. The fraction of sp³-hybridized carbons (Fsp3) is 0.278. The molecule has 7 nitrogen and oxygen atoms in total. The molecule has 144 valence electrons. The molecule has 0 bridgehead atoms. The molecular formula is C18H19IN2O5S. The molecule has 2 aromatic rings. The quantitative estimate of drug-likeness (QED) is 0.636. The van der Waals surface area contributed by atoms with E-state index in [1.54, 1.807) is 37.3 Å². The Balaban J connectivity index is 1.88. The van der Waals surface area contributed by atoms with E-state index < -0.39 is 22.0 Å². The second-order valence-electron chi connectivity index (χ2n) is 6.06. The third-order valence-corrected chi connectivity index (χ3v) is 5.94. The number of hydrogen-bond acceptors (Lipinski definition) is 5. The third kappa shape index (κ3) is 4.64. The van der Waals surface area contributed by atoms with Gasteiger partial charge >= 0.3 is 0 Å². The lowest BCUT2D eigenvalue weighted by Gasteiger charge is -2.29. The lowest BCUT2D eigenvalue weighted by Crippen LogP contribution is -2.45. The summed E-state index contributed by atoms with van der Waals surface area (Å²) in [6, 6.07) is 11.1. The molecule has 0 fully saturated rings. The lowest BCUT2D eigenvalue weighted by molar-refractivity contribution is -0.116. The molecule has 0 saturated heterocycles. The zero-order valence-corrected chi connectivity index (χ0v) is 17.8. The number of benzene rings is 2. The van der Waals surface area contributed by atoms with Gasteiger partial charge in [-0.1, -0.05) is 0 Å². The number of amides is 1. The van der Waals surface area contributed by atoms with Crippen molar-refractivity contribution in [1.29, 1.82) is 0 Å². The predicted molar refractivity (Wildman–Crippen MR) is 112 cm³/mol. The van der Waals surface area contributed by atoms with Gasteiger partial charge in [0.05, 0.1) is 11.9 Å². The smallest absolute Gasteiger partial charge is 0.247 e. The number of ether oxygens (including phenoxy) is 2. The van der Waals surface area contributed by atoms with E-state index in [9.17, 15) is 13.2 Å². The molecule has 1 N–H and O–H groups in total. The molecule has 0 aliphatic carbocycles. The van der Waals surface area contributed by atoms with Crippen LogP contribution in [0.25, 0.3) is 0 Å². The molecule has 1 atom stereocenters. The van der Waals surface area contributed by atoms with E-state index in [-0.39, 0.29) is 0 Å². The highest BCUT2D eigenvalue weighted by Gasteiger charge is 2.30. The van der Waals surface area contributed by atoms with Gasteiger partial charge in [-0.25, -0.2) is 8.42 Å². The van der Waals surface area contributed by atoms with Crippen LogP contribution in [-0.2, 0) is 14.8 Å². The molecule has 0 saturated carbocycles.